The minimum Gasteiger partial charge on any atom is -0.475 e. The number of likely N-dealkylation sites (N-methyl/N-ethyl adjacent to an activating group) is 1. The highest BCUT2D eigenvalue weighted by Crippen LogP contribution is 2.15. The molecule has 1 atom stereocenters. The molecule has 0 rings (SSSR count). The largest absolute Gasteiger partial charge is 0.475 e. The molecule has 1 N–H and O–H groups in total. The van der Waals surface area contributed by atoms with Gasteiger partial charge in [0.1, 0.15) is 0 Å². The predicted octanol–water partition coefficient (Wildman–Crippen LogP) is 0.918. The maximum Gasteiger partial charge on any atom is 0.392 e. The number of quaternary nitrogens is 1. The molecule has 1 unspecified atom stereocenters. The summed E-state index contributed by atoms with van der Waals surface area (Å²) < 4.78 is 5.69. The molecular weight excluding hydrogens is 170 g/mol. The van der Waals surface area contributed by atoms with Crippen LogP contribution in [0, 0.1) is 0 Å². The zero-order valence-corrected chi connectivity index (χ0v) is 9.29. The van der Waals surface area contributed by atoms with E-state index in [-0.39, 0.29) is 4.48 Å². The smallest absolute Gasteiger partial charge is 0.392 e. The van der Waals surface area contributed by atoms with Gasteiger partial charge in [-0.05, 0) is 20.8 Å². The molecule has 4 nitrogen and oxygen atoms in total. The van der Waals surface area contributed by atoms with Crippen LogP contribution in [0.1, 0.15) is 20.8 Å². The molecule has 0 saturated heterocycles. The van der Waals surface area contributed by atoms with Crippen LogP contribution in [0.2, 0.25) is 0 Å². The number of nitrogens with zero attached hydrogens (tertiary/aromatic N) is 1. The first-order chi connectivity index (χ1) is 5.54. The molecule has 0 spiro atoms. The molecule has 0 saturated carbocycles. The summed E-state index contributed by atoms with van der Waals surface area (Å²) in [6, 6.07) is 0. The highest BCUT2D eigenvalue weighted by Gasteiger charge is 2.36. The van der Waals surface area contributed by atoms with Gasteiger partial charge in [-0.2, -0.15) is 0 Å². The highest BCUT2D eigenvalue weighted by molar-refractivity contribution is 5.70. The SMILES string of the molecule is CC(C)(C)OC(C(=O)O)[N+](C)(C)C. The summed E-state index contributed by atoms with van der Waals surface area (Å²) >= 11 is 0. The lowest BCUT2D eigenvalue weighted by Crippen LogP contribution is -2.53. The van der Waals surface area contributed by atoms with Gasteiger partial charge in [-0.3, -0.25) is 4.48 Å². The molecule has 0 aromatic carbocycles. The second kappa shape index (κ2) is 3.64. The molecule has 0 aromatic heterocycles. The Bertz CT molecular complexity index is 188. The van der Waals surface area contributed by atoms with Crippen molar-refractivity contribution in [1.29, 1.82) is 0 Å². The minimum absolute atomic E-state index is 0.257. The first kappa shape index (κ1) is 12.4. The zero-order valence-electron chi connectivity index (χ0n) is 9.29. The quantitative estimate of drug-likeness (QED) is 0.531. The fraction of sp³-hybridized carbons (Fsp3) is 0.889. The summed E-state index contributed by atoms with van der Waals surface area (Å²) in [5, 5.41) is 8.93. The fourth-order valence-electron chi connectivity index (χ4n) is 0.875. The highest BCUT2D eigenvalue weighted by atomic mass is 16.6. The molecule has 0 aliphatic heterocycles. The fourth-order valence-corrected chi connectivity index (χ4v) is 0.875. The summed E-state index contributed by atoms with van der Waals surface area (Å²) in [6.07, 6.45) is -0.819. The number of carboxylic acids is 1. The Morgan fingerprint density at radius 3 is 1.77 bits per heavy atom. The van der Waals surface area contributed by atoms with Gasteiger partial charge in [-0.15, -0.1) is 0 Å². The maximum absolute atomic E-state index is 10.9. The molecular formula is C9H20NO3+. The van der Waals surface area contributed by atoms with Crippen molar-refractivity contribution in [3.8, 4) is 0 Å². The van der Waals surface area contributed by atoms with Gasteiger partial charge in [0.15, 0.2) is 0 Å². The van der Waals surface area contributed by atoms with E-state index in [0.29, 0.717) is 0 Å². The molecule has 0 fully saturated rings. The predicted molar refractivity (Wildman–Crippen MR) is 50.3 cm³/mol. The first-order valence-corrected chi connectivity index (χ1v) is 4.26. The summed E-state index contributed by atoms with van der Waals surface area (Å²) in [6.45, 7) is 5.54. The van der Waals surface area contributed by atoms with Crippen molar-refractivity contribution in [1.82, 2.24) is 0 Å². The van der Waals surface area contributed by atoms with Crippen molar-refractivity contribution < 1.29 is 19.1 Å². The van der Waals surface area contributed by atoms with Crippen molar-refractivity contribution in [3.63, 3.8) is 0 Å². The maximum atomic E-state index is 10.9. The number of rotatable bonds is 3. The summed E-state index contributed by atoms with van der Waals surface area (Å²) in [7, 11) is 5.39. The Balaban J connectivity index is 4.56. The molecule has 0 radical (unpaired) electrons. The van der Waals surface area contributed by atoms with Crippen molar-refractivity contribution in [2.75, 3.05) is 21.1 Å². The van der Waals surface area contributed by atoms with E-state index in [2.05, 4.69) is 0 Å². The van der Waals surface area contributed by atoms with E-state index in [0.717, 1.165) is 0 Å². The van der Waals surface area contributed by atoms with Crippen LogP contribution >= 0.6 is 0 Å². The monoisotopic (exact) mass is 190 g/mol. The number of ether oxygens (including phenoxy) is 1. The van der Waals surface area contributed by atoms with Gasteiger partial charge in [-0.1, -0.05) is 0 Å². The molecule has 4 heteroatoms. The van der Waals surface area contributed by atoms with E-state index in [1.165, 1.54) is 0 Å². The number of hydrogen-bond donors (Lipinski definition) is 1. The van der Waals surface area contributed by atoms with Gasteiger partial charge in [0.05, 0.1) is 26.7 Å². The van der Waals surface area contributed by atoms with Gasteiger partial charge in [0.25, 0.3) is 6.23 Å². The van der Waals surface area contributed by atoms with Crippen LogP contribution in [-0.4, -0.2) is 48.5 Å². The van der Waals surface area contributed by atoms with E-state index in [4.69, 9.17) is 9.84 Å². The van der Waals surface area contributed by atoms with Crippen molar-refractivity contribution >= 4 is 5.97 Å². The van der Waals surface area contributed by atoms with Crippen LogP contribution in [0.5, 0.6) is 0 Å². The average molecular weight is 190 g/mol. The molecule has 78 valence electrons. The first-order valence-electron chi connectivity index (χ1n) is 4.26. The van der Waals surface area contributed by atoms with E-state index >= 15 is 0 Å². The topological polar surface area (TPSA) is 46.5 Å². The van der Waals surface area contributed by atoms with Gasteiger partial charge < -0.3 is 9.84 Å². The Labute approximate surface area is 79.7 Å². The van der Waals surface area contributed by atoms with Crippen molar-refractivity contribution in [3.05, 3.63) is 0 Å². The van der Waals surface area contributed by atoms with Crippen LogP contribution in [0.4, 0.5) is 0 Å². The second-order valence-corrected chi connectivity index (χ2v) is 5.04. The van der Waals surface area contributed by atoms with Gasteiger partial charge in [0, 0.05) is 0 Å². The number of carboxylic acid groups (broad SMARTS) is 1. The molecule has 0 aliphatic rings. The van der Waals surface area contributed by atoms with Crippen LogP contribution in [0.25, 0.3) is 0 Å². The Morgan fingerprint density at radius 1 is 1.31 bits per heavy atom. The Morgan fingerprint density at radius 2 is 1.69 bits per heavy atom. The summed E-state index contributed by atoms with van der Waals surface area (Å²) in [5.74, 6) is -0.928. The number of hydrogen-bond acceptors (Lipinski definition) is 2. The van der Waals surface area contributed by atoms with Crippen molar-refractivity contribution in [2.24, 2.45) is 0 Å². The molecule has 13 heavy (non-hydrogen) atoms. The molecule has 0 aromatic rings. The van der Waals surface area contributed by atoms with Crippen LogP contribution in [0.15, 0.2) is 0 Å². The molecule has 0 heterocycles. The van der Waals surface area contributed by atoms with E-state index in [9.17, 15) is 4.79 Å². The van der Waals surface area contributed by atoms with E-state index in [1.807, 2.05) is 20.8 Å². The van der Waals surface area contributed by atoms with E-state index in [1.54, 1.807) is 21.1 Å². The Kier molecular flexibility index (Phi) is 3.47. The van der Waals surface area contributed by atoms with Crippen molar-refractivity contribution in [2.45, 2.75) is 32.6 Å². The van der Waals surface area contributed by atoms with Crippen LogP contribution < -0.4 is 0 Å². The van der Waals surface area contributed by atoms with Gasteiger partial charge >= 0.3 is 5.97 Å². The third-order valence-corrected chi connectivity index (χ3v) is 1.38. The third kappa shape index (κ3) is 4.85. The average Bonchev–Trinajstić information content (AvgIpc) is 1.77. The second-order valence-electron chi connectivity index (χ2n) is 5.04. The zero-order chi connectivity index (χ0) is 10.9. The Hall–Kier alpha value is -0.610. The third-order valence-electron chi connectivity index (χ3n) is 1.38. The summed E-state index contributed by atoms with van der Waals surface area (Å²) in [5.41, 5.74) is -0.436. The lowest BCUT2D eigenvalue weighted by Gasteiger charge is -2.34. The lowest BCUT2D eigenvalue weighted by atomic mass is 10.2. The number of aliphatic carboxylic acids is 1. The molecule has 0 bridgehead atoms. The minimum atomic E-state index is -0.928. The normalized spacial score (nSPS) is 15.5. The molecule has 0 amide bonds. The van der Waals surface area contributed by atoms with Crippen LogP contribution in [0.3, 0.4) is 0 Å². The standard InChI is InChI=1S/C9H19NO3/c1-9(2,3)13-7(8(11)12)10(4,5)6/h7H,1-6H3/p+1. The summed E-state index contributed by atoms with van der Waals surface area (Å²) in [4.78, 5) is 10.9. The van der Waals surface area contributed by atoms with Crippen LogP contribution in [-0.2, 0) is 9.53 Å². The molecule has 0 aliphatic carbocycles. The lowest BCUT2D eigenvalue weighted by molar-refractivity contribution is -0.911. The van der Waals surface area contributed by atoms with Gasteiger partial charge in [0.2, 0.25) is 0 Å². The van der Waals surface area contributed by atoms with E-state index < -0.39 is 17.8 Å². The van der Waals surface area contributed by atoms with Gasteiger partial charge in [-0.25, -0.2) is 4.79 Å². The number of carbonyl (C=O) groups is 1.